The first-order valence-electron chi connectivity index (χ1n) is 2.49. The van der Waals surface area contributed by atoms with Crippen LogP contribution in [0.25, 0.3) is 0 Å². The molecule has 0 amide bonds. The molecule has 50 valence electrons. The zero-order valence-corrected chi connectivity index (χ0v) is 6.42. The summed E-state index contributed by atoms with van der Waals surface area (Å²) >= 11 is 5.65. The summed E-state index contributed by atoms with van der Waals surface area (Å²) in [7, 11) is 0. The minimum atomic E-state index is 0.155. The van der Waals surface area contributed by atoms with Gasteiger partial charge in [0.1, 0.15) is 0 Å². The van der Waals surface area contributed by atoms with Crippen molar-refractivity contribution in [2.45, 2.75) is 5.37 Å². The maximum Gasteiger partial charge on any atom is 0.0596 e. The molecule has 0 aromatic heterocycles. The van der Waals surface area contributed by atoms with Crippen LogP contribution < -0.4 is 11.5 Å². The van der Waals surface area contributed by atoms with Crippen LogP contribution in [-0.2, 0) is 0 Å². The lowest BCUT2D eigenvalue weighted by atomic mass is 10.8. The van der Waals surface area contributed by atoms with E-state index in [1.54, 1.807) is 11.8 Å². The van der Waals surface area contributed by atoms with E-state index < -0.39 is 0 Å². The Bertz CT molecular complexity index is 51.3. The van der Waals surface area contributed by atoms with Crippen LogP contribution in [0.3, 0.4) is 0 Å². The minimum absolute atomic E-state index is 0.155. The van der Waals surface area contributed by atoms with Gasteiger partial charge in [0.05, 0.1) is 5.37 Å². The fourth-order valence-corrected chi connectivity index (χ4v) is 1.13. The zero-order valence-electron chi connectivity index (χ0n) is 4.71. The van der Waals surface area contributed by atoms with Crippen LogP contribution >= 0.6 is 24.4 Å². The molecule has 0 aromatic carbocycles. The number of thiol groups is 1. The maximum atomic E-state index is 5.49. The topological polar surface area (TPSA) is 52.0 Å². The van der Waals surface area contributed by atoms with E-state index in [0.29, 0.717) is 6.54 Å². The third kappa shape index (κ3) is 4.77. The van der Waals surface area contributed by atoms with E-state index in [2.05, 4.69) is 12.6 Å². The van der Waals surface area contributed by atoms with Crippen LogP contribution in [0.2, 0.25) is 0 Å². The van der Waals surface area contributed by atoms with E-state index in [4.69, 9.17) is 11.5 Å². The Labute approximate surface area is 59.8 Å². The lowest BCUT2D eigenvalue weighted by molar-refractivity contribution is 1.05. The number of thioether (sulfide) groups is 1. The molecule has 1 unspecified atom stereocenters. The SMILES string of the molecule is NCCSC(N)CS. The van der Waals surface area contributed by atoms with Crippen LogP contribution in [0.4, 0.5) is 0 Å². The van der Waals surface area contributed by atoms with Crippen molar-refractivity contribution in [2.75, 3.05) is 18.1 Å². The fourth-order valence-electron chi connectivity index (χ4n) is 0.272. The van der Waals surface area contributed by atoms with Gasteiger partial charge in [-0.3, -0.25) is 0 Å². The van der Waals surface area contributed by atoms with Crippen LogP contribution in [0.5, 0.6) is 0 Å². The number of nitrogens with two attached hydrogens (primary N) is 2. The Hall–Kier alpha value is 0.620. The van der Waals surface area contributed by atoms with Crippen LogP contribution in [0, 0.1) is 0 Å². The quantitative estimate of drug-likeness (QED) is 0.389. The Balaban J connectivity index is 2.86. The predicted octanol–water partition coefficient (Wildman–Crippen LogP) is -0.107. The highest BCUT2D eigenvalue weighted by molar-refractivity contribution is 8.00. The number of rotatable bonds is 4. The summed E-state index contributed by atoms with van der Waals surface area (Å²) in [5.41, 5.74) is 10.7. The van der Waals surface area contributed by atoms with Crippen molar-refractivity contribution in [1.29, 1.82) is 0 Å². The van der Waals surface area contributed by atoms with Gasteiger partial charge in [-0.05, 0) is 0 Å². The van der Waals surface area contributed by atoms with E-state index in [-0.39, 0.29) is 5.37 Å². The van der Waals surface area contributed by atoms with E-state index in [9.17, 15) is 0 Å². The first kappa shape index (κ1) is 8.62. The summed E-state index contributed by atoms with van der Waals surface area (Å²) in [5.74, 6) is 1.66. The van der Waals surface area contributed by atoms with Crippen molar-refractivity contribution in [1.82, 2.24) is 0 Å². The average Bonchev–Trinajstić information content (AvgIpc) is 1.83. The number of hydrogen-bond donors (Lipinski definition) is 3. The van der Waals surface area contributed by atoms with Gasteiger partial charge < -0.3 is 11.5 Å². The van der Waals surface area contributed by atoms with E-state index >= 15 is 0 Å². The van der Waals surface area contributed by atoms with Gasteiger partial charge in [0.15, 0.2) is 0 Å². The molecule has 0 saturated heterocycles. The van der Waals surface area contributed by atoms with Gasteiger partial charge in [0.25, 0.3) is 0 Å². The molecule has 1 atom stereocenters. The highest BCUT2D eigenvalue weighted by Gasteiger charge is 1.95. The fraction of sp³-hybridized carbons (Fsp3) is 1.00. The largest absolute Gasteiger partial charge is 0.330 e. The molecular weight excluding hydrogens is 140 g/mol. The molecule has 8 heavy (non-hydrogen) atoms. The van der Waals surface area contributed by atoms with Gasteiger partial charge >= 0.3 is 0 Å². The molecule has 0 aliphatic carbocycles. The molecule has 0 bridgehead atoms. The summed E-state index contributed by atoms with van der Waals surface area (Å²) < 4.78 is 0. The molecule has 2 nitrogen and oxygen atoms in total. The minimum Gasteiger partial charge on any atom is -0.330 e. The highest BCUT2D eigenvalue weighted by Crippen LogP contribution is 2.04. The summed E-state index contributed by atoms with van der Waals surface area (Å²) in [6.07, 6.45) is 0. The Morgan fingerprint density at radius 2 is 2.25 bits per heavy atom. The lowest BCUT2D eigenvalue weighted by Gasteiger charge is -2.04. The van der Waals surface area contributed by atoms with Crippen molar-refractivity contribution < 1.29 is 0 Å². The Kier molecular flexibility index (Phi) is 6.20. The van der Waals surface area contributed by atoms with Gasteiger partial charge in [0.2, 0.25) is 0 Å². The van der Waals surface area contributed by atoms with E-state index in [1.807, 2.05) is 0 Å². The van der Waals surface area contributed by atoms with Gasteiger partial charge in [0, 0.05) is 18.1 Å². The van der Waals surface area contributed by atoms with E-state index in [1.165, 1.54) is 0 Å². The molecule has 0 saturated carbocycles. The lowest BCUT2D eigenvalue weighted by Crippen LogP contribution is -2.19. The van der Waals surface area contributed by atoms with Crippen LogP contribution in [0.1, 0.15) is 0 Å². The van der Waals surface area contributed by atoms with Crippen LogP contribution in [-0.4, -0.2) is 23.4 Å². The van der Waals surface area contributed by atoms with Crippen molar-refractivity contribution in [3.63, 3.8) is 0 Å². The van der Waals surface area contributed by atoms with Crippen molar-refractivity contribution in [3.8, 4) is 0 Å². The molecular formula is C4H12N2S2. The first-order valence-corrected chi connectivity index (χ1v) is 4.17. The molecule has 0 heterocycles. The predicted molar refractivity (Wildman–Crippen MR) is 43.3 cm³/mol. The summed E-state index contributed by atoms with van der Waals surface area (Å²) in [5, 5.41) is 0.155. The summed E-state index contributed by atoms with van der Waals surface area (Å²) in [6.45, 7) is 0.701. The molecule has 4 heteroatoms. The zero-order chi connectivity index (χ0) is 6.41. The van der Waals surface area contributed by atoms with Crippen molar-refractivity contribution >= 4 is 24.4 Å². The third-order valence-electron chi connectivity index (χ3n) is 0.630. The van der Waals surface area contributed by atoms with Gasteiger partial charge in [-0.25, -0.2) is 0 Å². The smallest absolute Gasteiger partial charge is 0.0596 e. The third-order valence-corrected chi connectivity index (χ3v) is 2.34. The van der Waals surface area contributed by atoms with Gasteiger partial charge in [-0.15, -0.1) is 11.8 Å². The molecule has 0 spiro atoms. The molecule has 0 aromatic rings. The van der Waals surface area contributed by atoms with Gasteiger partial charge in [-0.2, -0.15) is 12.6 Å². The van der Waals surface area contributed by atoms with Crippen LogP contribution in [0.15, 0.2) is 0 Å². The first-order chi connectivity index (χ1) is 3.81. The average molecular weight is 152 g/mol. The molecule has 0 radical (unpaired) electrons. The molecule has 0 fully saturated rings. The Morgan fingerprint density at radius 1 is 1.62 bits per heavy atom. The summed E-state index contributed by atoms with van der Waals surface area (Å²) in [6, 6.07) is 0. The second-order valence-corrected chi connectivity index (χ2v) is 3.09. The van der Waals surface area contributed by atoms with Gasteiger partial charge in [-0.1, -0.05) is 0 Å². The normalized spacial score (nSPS) is 13.9. The monoisotopic (exact) mass is 152 g/mol. The standard InChI is InChI=1S/C4H12N2S2/c5-1-2-8-4(6)3-7/h4,7H,1-3,5-6H2. The number of hydrogen-bond acceptors (Lipinski definition) is 4. The molecule has 0 aliphatic heterocycles. The second kappa shape index (κ2) is 5.75. The maximum absolute atomic E-state index is 5.49. The van der Waals surface area contributed by atoms with E-state index in [0.717, 1.165) is 11.5 Å². The second-order valence-electron chi connectivity index (χ2n) is 1.38. The summed E-state index contributed by atoms with van der Waals surface area (Å²) in [4.78, 5) is 0. The molecule has 0 aliphatic rings. The molecule has 4 N–H and O–H groups in total. The van der Waals surface area contributed by atoms with Crippen molar-refractivity contribution in [2.24, 2.45) is 11.5 Å². The Morgan fingerprint density at radius 3 is 2.62 bits per heavy atom. The molecule has 0 rings (SSSR count). The van der Waals surface area contributed by atoms with Crippen molar-refractivity contribution in [3.05, 3.63) is 0 Å². The highest BCUT2D eigenvalue weighted by atomic mass is 32.2.